The minimum absolute atomic E-state index is 0.00172. The number of sulfonamides is 1. The Morgan fingerprint density at radius 3 is 2.31 bits per heavy atom. The molecular weight excluding hydrogens is 516 g/mol. The first kappa shape index (κ1) is 25.0. The molecule has 0 unspecified atom stereocenters. The molecule has 0 aliphatic rings. The quantitative estimate of drug-likeness (QED) is 0.330. The first-order chi connectivity index (χ1) is 16.4. The summed E-state index contributed by atoms with van der Waals surface area (Å²) >= 11 is 8.02. The van der Waals surface area contributed by atoms with E-state index >= 15 is 0 Å². The fraction of sp³-hybridized carbons (Fsp3) is 0.174. The smallest absolute Gasteiger partial charge is 0.267 e. The van der Waals surface area contributed by atoms with Gasteiger partial charge in [-0.3, -0.25) is 4.72 Å². The van der Waals surface area contributed by atoms with E-state index in [1.165, 1.54) is 23.6 Å². The molecule has 0 saturated heterocycles. The average Bonchev–Trinajstić information content (AvgIpc) is 3.21. The van der Waals surface area contributed by atoms with Crippen molar-refractivity contribution >= 4 is 44.6 Å². The average molecular weight is 536 g/mol. The summed E-state index contributed by atoms with van der Waals surface area (Å²) < 4.78 is 56.1. The van der Waals surface area contributed by atoms with Crippen molar-refractivity contribution in [1.29, 1.82) is 0 Å². The molecule has 12 heteroatoms. The summed E-state index contributed by atoms with van der Waals surface area (Å²) in [6.07, 6.45) is 1.52. The van der Waals surface area contributed by atoms with Gasteiger partial charge in [-0.15, -0.1) is 11.3 Å². The maximum atomic E-state index is 14.2. The molecule has 35 heavy (non-hydrogen) atoms. The molecule has 2 aromatic carbocycles. The number of nitrogens with two attached hydrogens (primary N) is 1. The Kier molecular flexibility index (Phi) is 6.52. The van der Waals surface area contributed by atoms with E-state index in [2.05, 4.69) is 14.7 Å². The van der Waals surface area contributed by atoms with Crippen molar-refractivity contribution in [1.82, 2.24) is 15.0 Å². The Labute approximate surface area is 210 Å². The van der Waals surface area contributed by atoms with Crippen LogP contribution in [0.25, 0.3) is 21.8 Å². The normalized spacial score (nSPS) is 12.1. The van der Waals surface area contributed by atoms with Crippen molar-refractivity contribution in [2.24, 2.45) is 0 Å². The molecule has 4 rings (SSSR count). The minimum Gasteiger partial charge on any atom is -0.368 e. The van der Waals surface area contributed by atoms with E-state index in [0.717, 1.165) is 23.2 Å². The number of nitrogens with one attached hydrogen (secondary N) is 1. The van der Waals surface area contributed by atoms with Crippen LogP contribution in [0.5, 0.6) is 0 Å². The van der Waals surface area contributed by atoms with Crippen LogP contribution in [0.2, 0.25) is 5.02 Å². The van der Waals surface area contributed by atoms with Gasteiger partial charge in [-0.1, -0.05) is 50.6 Å². The third-order valence-electron chi connectivity index (χ3n) is 4.86. The van der Waals surface area contributed by atoms with Crippen LogP contribution in [0, 0.1) is 11.6 Å². The number of halogens is 3. The van der Waals surface area contributed by atoms with Crippen LogP contribution < -0.4 is 10.5 Å². The van der Waals surface area contributed by atoms with Crippen molar-refractivity contribution in [3.05, 3.63) is 70.3 Å². The number of nitrogen functional groups attached to an aromatic ring is 1. The van der Waals surface area contributed by atoms with Crippen LogP contribution in [0.3, 0.4) is 0 Å². The third kappa shape index (κ3) is 4.97. The van der Waals surface area contributed by atoms with Crippen molar-refractivity contribution in [2.45, 2.75) is 31.1 Å². The van der Waals surface area contributed by atoms with Crippen LogP contribution >= 0.6 is 22.9 Å². The van der Waals surface area contributed by atoms with E-state index in [9.17, 15) is 17.2 Å². The van der Waals surface area contributed by atoms with Crippen molar-refractivity contribution in [2.75, 3.05) is 10.5 Å². The highest BCUT2D eigenvalue weighted by atomic mass is 35.5. The van der Waals surface area contributed by atoms with E-state index in [-0.39, 0.29) is 22.1 Å². The molecule has 0 aliphatic heterocycles. The lowest BCUT2D eigenvalue weighted by atomic mass is 9.98. The lowest BCUT2D eigenvalue weighted by molar-refractivity contribution is 0.521. The lowest BCUT2D eigenvalue weighted by Gasteiger charge is -2.14. The summed E-state index contributed by atoms with van der Waals surface area (Å²) in [5.74, 6) is -2.36. The van der Waals surface area contributed by atoms with Crippen LogP contribution in [0.4, 0.5) is 20.4 Å². The summed E-state index contributed by atoms with van der Waals surface area (Å²) in [4.78, 5) is 12.6. The van der Waals surface area contributed by atoms with Crippen molar-refractivity contribution < 1.29 is 17.2 Å². The van der Waals surface area contributed by atoms with E-state index in [1.807, 2.05) is 20.8 Å². The van der Waals surface area contributed by atoms with Gasteiger partial charge in [-0.25, -0.2) is 32.2 Å². The second kappa shape index (κ2) is 9.14. The predicted octanol–water partition coefficient (Wildman–Crippen LogP) is 5.88. The summed E-state index contributed by atoms with van der Waals surface area (Å²) in [5, 5.41) is 0.789. The van der Waals surface area contributed by atoms with Gasteiger partial charge in [0.1, 0.15) is 11.6 Å². The third-order valence-corrected chi connectivity index (χ3v) is 8.19. The molecule has 2 heterocycles. The number of aromatic nitrogens is 3. The number of hydrogen-bond donors (Lipinski definition) is 2. The molecule has 2 aromatic heterocycles. The largest absolute Gasteiger partial charge is 0.368 e. The standard InChI is InChI=1S/C23H20ClF2N5O2S2/c1-23(2,3)21-30-18(19(34-21)16-10-11-28-22(27)29-16)12-6-4-9-15(17(12)24)31-35(32,33)20-13(25)7-5-8-14(20)26/h4-11,31H,1-3H3,(H2,27,28,29). The summed E-state index contributed by atoms with van der Waals surface area (Å²) in [6, 6.07) is 9.10. The predicted molar refractivity (Wildman–Crippen MR) is 134 cm³/mol. The number of benzene rings is 2. The zero-order valence-corrected chi connectivity index (χ0v) is 21.2. The first-order valence-corrected chi connectivity index (χ1v) is 12.9. The first-order valence-electron chi connectivity index (χ1n) is 10.2. The van der Waals surface area contributed by atoms with Crippen molar-refractivity contribution in [3.8, 4) is 21.8 Å². The highest BCUT2D eigenvalue weighted by Crippen LogP contribution is 2.44. The van der Waals surface area contributed by atoms with Crippen molar-refractivity contribution in [3.63, 3.8) is 0 Å². The maximum Gasteiger partial charge on any atom is 0.267 e. The Balaban J connectivity index is 1.85. The summed E-state index contributed by atoms with van der Waals surface area (Å²) in [6.45, 7) is 6.01. The molecule has 0 saturated carbocycles. The Morgan fingerprint density at radius 1 is 1.03 bits per heavy atom. The van der Waals surface area contributed by atoms with Crippen LogP contribution in [-0.4, -0.2) is 23.4 Å². The zero-order valence-electron chi connectivity index (χ0n) is 18.8. The molecule has 7 nitrogen and oxygen atoms in total. The molecule has 0 atom stereocenters. The van der Waals surface area contributed by atoms with Gasteiger partial charge in [-0.05, 0) is 24.3 Å². The van der Waals surface area contributed by atoms with E-state index in [1.54, 1.807) is 18.2 Å². The molecule has 0 spiro atoms. The number of nitrogens with zero attached hydrogens (tertiary/aromatic N) is 3. The second-order valence-corrected chi connectivity index (χ2v) is 11.6. The van der Waals surface area contributed by atoms with Gasteiger partial charge in [0, 0.05) is 17.2 Å². The molecule has 0 amide bonds. The topological polar surface area (TPSA) is 111 Å². The van der Waals surface area contributed by atoms with Gasteiger partial charge in [0.05, 0.1) is 32.0 Å². The molecule has 3 N–H and O–H groups in total. The van der Waals surface area contributed by atoms with Gasteiger partial charge in [0.25, 0.3) is 10.0 Å². The van der Waals surface area contributed by atoms with Gasteiger partial charge >= 0.3 is 0 Å². The number of hydrogen-bond acceptors (Lipinski definition) is 7. The maximum absolute atomic E-state index is 14.2. The highest BCUT2D eigenvalue weighted by Gasteiger charge is 2.28. The zero-order chi connectivity index (χ0) is 25.5. The number of thiazole rings is 1. The van der Waals surface area contributed by atoms with E-state index < -0.39 is 26.6 Å². The summed E-state index contributed by atoms with van der Waals surface area (Å²) in [7, 11) is -4.62. The molecule has 0 fully saturated rings. The number of rotatable bonds is 5. The highest BCUT2D eigenvalue weighted by molar-refractivity contribution is 7.92. The fourth-order valence-corrected chi connectivity index (χ4v) is 5.86. The number of anilines is 2. The Bertz CT molecular complexity index is 1520. The van der Waals surface area contributed by atoms with Gasteiger partial charge < -0.3 is 5.73 Å². The Hall–Kier alpha value is -3.15. The van der Waals surface area contributed by atoms with Gasteiger partial charge in [0.2, 0.25) is 5.95 Å². The second-order valence-electron chi connectivity index (χ2n) is 8.57. The lowest BCUT2D eigenvalue weighted by Crippen LogP contribution is -2.16. The van der Waals surface area contributed by atoms with Gasteiger partial charge in [0.15, 0.2) is 4.90 Å². The molecular formula is C23H20ClF2N5O2S2. The van der Waals surface area contributed by atoms with Gasteiger partial charge in [-0.2, -0.15) is 0 Å². The van der Waals surface area contributed by atoms with Crippen LogP contribution in [0.1, 0.15) is 25.8 Å². The molecule has 0 bridgehead atoms. The fourth-order valence-electron chi connectivity index (χ4n) is 3.23. The van der Waals surface area contributed by atoms with Crippen LogP contribution in [-0.2, 0) is 15.4 Å². The molecule has 0 aliphatic carbocycles. The van der Waals surface area contributed by atoms with Crippen LogP contribution in [0.15, 0.2) is 53.6 Å². The minimum atomic E-state index is -4.62. The molecule has 0 radical (unpaired) electrons. The Morgan fingerprint density at radius 2 is 1.69 bits per heavy atom. The summed E-state index contributed by atoms with van der Waals surface area (Å²) in [5.41, 5.74) is 6.80. The SMILES string of the molecule is CC(C)(C)c1nc(-c2cccc(NS(=O)(=O)c3c(F)cccc3F)c2Cl)c(-c2ccnc(N)n2)s1. The van der Waals surface area contributed by atoms with E-state index in [0.29, 0.717) is 21.8 Å². The molecule has 182 valence electrons. The van der Waals surface area contributed by atoms with E-state index in [4.69, 9.17) is 22.3 Å². The molecule has 4 aromatic rings. The monoisotopic (exact) mass is 535 g/mol.